The van der Waals surface area contributed by atoms with Gasteiger partial charge in [0.1, 0.15) is 11.2 Å². The summed E-state index contributed by atoms with van der Waals surface area (Å²) in [6.07, 6.45) is 0. The highest BCUT2D eigenvalue weighted by atomic mass is 16.3. The van der Waals surface area contributed by atoms with Crippen molar-refractivity contribution in [1.29, 1.82) is 0 Å². The van der Waals surface area contributed by atoms with Gasteiger partial charge in [-0.2, -0.15) is 0 Å². The van der Waals surface area contributed by atoms with Crippen LogP contribution in [0.25, 0.3) is 144 Å². The van der Waals surface area contributed by atoms with Crippen molar-refractivity contribution in [3.8, 4) is 56.7 Å². The molecule has 0 saturated heterocycles. The second-order valence-electron chi connectivity index (χ2n) is 18.3. The largest absolute Gasteiger partial charge is 0.456 e. The zero-order valence-electron chi connectivity index (χ0n) is 38.2. The summed E-state index contributed by atoms with van der Waals surface area (Å²) in [6.45, 7) is 0. The minimum Gasteiger partial charge on any atom is -0.456 e. The van der Waals surface area contributed by atoms with Crippen LogP contribution in [0, 0.1) is 0 Å². The fraction of sp³-hybridized carbons (Fsp3) is 0. The van der Waals surface area contributed by atoms with Crippen LogP contribution in [-0.4, -0.2) is 24.1 Å². The fourth-order valence-electron chi connectivity index (χ4n) is 11.2. The predicted molar refractivity (Wildman–Crippen MR) is 293 cm³/mol. The van der Waals surface area contributed by atoms with Crippen molar-refractivity contribution in [1.82, 2.24) is 24.1 Å². The van der Waals surface area contributed by atoms with E-state index in [0.717, 1.165) is 105 Å². The van der Waals surface area contributed by atoms with E-state index in [0.29, 0.717) is 17.5 Å². The summed E-state index contributed by atoms with van der Waals surface area (Å²) >= 11 is 0. The van der Waals surface area contributed by atoms with Crippen molar-refractivity contribution >= 4 is 87.1 Å². The SMILES string of the molecule is c1ccc(-c2nc(-c3ccc(-n4c5ccccc5c5cc6ccccc6cc54)c(-c4cccc5oc6ccc7ccccc7c6c45)c3)nc(-c3cccc4c3c3ccccc3n4-c3ccccc3)n2)cc1. The molecule has 0 amide bonds. The maximum absolute atomic E-state index is 6.74. The standard InChI is InChI=1S/C65H39N5O/c1-3-18-41(19-4-1)63-66-64(68-65(67-63)50-28-15-31-56-60(50)49-26-12-14-30-54(49)69(56)45-22-5-2-6-23-45)44-33-35-55(70-53-29-13-11-25-47(53)51-37-42-20-7-8-21-43(42)39-57(51)70)52(38-44)48-27-16-32-58-62(48)61-46-24-10-9-17-40(46)34-36-59(61)71-58/h1-39H. The van der Waals surface area contributed by atoms with Gasteiger partial charge >= 0.3 is 0 Å². The number of furan rings is 1. The molecule has 0 aliphatic rings. The van der Waals surface area contributed by atoms with Crippen molar-refractivity contribution in [3.63, 3.8) is 0 Å². The van der Waals surface area contributed by atoms with Crippen molar-refractivity contribution in [2.24, 2.45) is 0 Å². The van der Waals surface area contributed by atoms with Crippen LogP contribution < -0.4 is 0 Å². The average molecular weight is 906 g/mol. The molecule has 71 heavy (non-hydrogen) atoms. The minimum absolute atomic E-state index is 0.577. The third-order valence-corrected chi connectivity index (χ3v) is 14.3. The number of aromatic nitrogens is 5. The number of benzene rings is 11. The summed E-state index contributed by atoms with van der Waals surface area (Å²) in [5.74, 6) is 1.78. The van der Waals surface area contributed by atoms with E-state index in [4.69, 9.17) is 19.4 Å². The molecule has 15 aromatic rings. The Morgan fingerprint density at radius 2 is 0.901 bits per heavy atom. The summed E-state index contributed by atoms with van der Waals surface area (Å²) in [6, 6.07) is 83.9. The molecule has 0 atom stereocenters. The van der Waals surface area contributed by atoms with Crippen molar-refractivity contribution in [2.45, 2.75) is 0 Å². The van der Waals surface area contributed by atoms with Crippen molar-refractivity contribution in [2.75, 3.05) is 0 Å². The topological polar surface area (TPSA) is 61.7 Å². The van der Waals surface area contributed by atoms with Gasteiger partial charge in [-0.15, -0.1) is 0 Å². The number of nitrogens with zero attached hydrogens (tertiary/aromatic N) is 5. The molecule has 6 nitrogen and oxygen atoms in total. The Morgan fingerprint density at radius 3 is 1.72 bits per heavy atom. The monoisotopic (exact) mass is 905 g/mol. The molecule has 0 saturated carbocycles. The van der Waals surface area contributed by atoms with Crippen LogP contribution >= 0.6 is 0 Å². The maximum Gasteiger partial charge on any atom is 0.164 e. The zero-order valence-corrected chi connectivity index (χ0v) is 38.2. The lowest BCUT2D eigenvalue weighted by Crippen LogP contribution is -2.02. The van der Waals surface area contributed by atoms with Gasteiger partial charge in [-0.3, -0.25) is 0 Å². The molecule has 0 radical (unpaired) electrons. The first kappa shape index (κ1) is 39.4. The molecule has 4 aromatic heterocycles. The van der Waals surface area contributed by atoms with Gasteiger partial charge in [0, 0.05) is 60.3 Å². The number of fused-ring (bicyclic) bond motifs is 12. The Labute approximate surface area is 407 Å². The van der Waals surface area contributed by atoms with Gasteiger partial charge in [0.05, 0.1) is 27.8 Å². The Bertz CT molecular complexity index is 4640. The van der Waals surface area contributed by atoms with Gasteiger partial charge < -0.3 is 13.6 Å². The van der Waals surface area contributed by atoms with Gasteiger partial charge in [0.2, 0.25) is 0 Å². The summed E-state index contributed by atoms with van der Waals surface area (Å²) in [5.41, 5.74) is 13.0. The lowest BCUT2D eigenvalue weighted by Gasteiger charge is -2.17. The van der Waals surface area contributed by atoms with Crippen molar-refractivity contribution in [3.05, 3.63) is 237 Å². The molecule has 0 N–H and O–H groups in total. The number of para-hydroxylation sites is 3. The highest BCUT2D eigenvalue weighted by Gasteiger charge is 2.24. The van der Waals surface area contributed by atoms with E-state index in [1.165, 1.54) is 21.5 Å². The normalized spacial score (nSPS) is 11.9. The van der Waals surface area contributed by atoms with Crippen LogP contribution in [0.15, 0.2) is 241 Å². The molecule has 11 aromatic carbocycles. The van der Waals surface area contributed by atoms with Gasteiger partial charge in [0.15, 0.2) is 17.5 Å². The average Bonchev–Trinajstić information content (AvgIpc) is 4.10. The Morgan fingerprint density at radius 1 is 0.296 bits per heavy atom. The number of hydrogen-bond acceptors (Lipinski definition) is 4. The first-order valence-electron chi connectivity index (χ1n) is 24.0. The van der Waals surface area contributed by atoms with E-state index in [1.807, 2.05) is 18.2 Å². The lowest BCUT2D eigenvalue weighted by molar-refractivity contribution is 0.669. The molecule has 15 rings (SSSR count). The molecule has 0 aliphatic heterocycles. The number of rotatable bonds is 6. The molecular formula is C65H39N5O. The van der Waals surface area contributed by atoms with Crippen LogP contribution in [0.5, 0.6) is 0 Å². The Hall–Kier alpha value is -9.65. The third kappa shape index (κ3) is 6.05. The van der Waals surface area contributed by atoms with Crippen LogP contribution in [-0.2, 0) is 0 Å². The molecule has 330 valence electrons. The Balaban J connectivity index is 1.04. The first-order chi connectivity index (χ1) is 35.2. The van der Waals surface area contributed by atoms with Gasteiger partial charge in [-0.05, 0) is 99.9 Å². The highest BCUT2D eigenvalue weighted by Crippen LogP contribution is 2.45. The van der Waals surface area contributed by atoms with E-state index in [1.54, 1.807) is 0 Å². The van der Waals surface area contributed by atoms with Crippen LogP contribution in [0.4, 0.5) is 0 Å². The summed E-state index contributed by atoms with van der Waals surface area (Å²) in [5, 5.41) is 11.5. The molecule has 4 heterocycles. The summed E-state index contributed by atoms with van der Waals surface area (Å²) < 4.78 is 11.5. The first-order valence-corrected chi connectivity index (χ1v) is 24.0. The highest BCUT2D eigenvalue weighted by molar-refractivity contribution is 6.23. The quantitative estimate of drug-likeness (QED) is 0.167. The van der Waals surface area contributed by atoms with Crippen molar-refractivity contribution < 1.29 is 4.42 Å². The maximum atomic E-state index is 6.74. The minimum atomic E-state index is 0.577. The van der Waals surface area contributed by atoms with Crippen LogP contribution in [0.3, 0.4) is 0 Å². The number of hydrogen-bond donors (Lipinski definition) is 0. The van der Waals surface area contributed by atoms with Gasteiger partial charge in [-0.1, -0.05) is 164 Å². The fourth-order valence-corrected chi connectivity index (χ4v) is 11.2. The van der Waals surface area contributed by atoms with Gasteiger partial charge in [-0.25, -0.2) is 15.0 Å². The molecule has 0 aliphatic carbocycles. The summed E-state index contributed by atoms with van der Waals surface area (Å²) in [4.78, 5) is 16.2. The van der Waals surface area contributed by atoms with E-state index in [-0.39, 0.29) is 0 Å². The predicted octanol–water partition coefficient (Wildman–Crippen LogP) is 16.9. The second kappa shape index (κ2) is 15.4. The van der Waals surface area contributed by atoms with E-state index in [9.17, 15) is 0 Å². The van der Waals surface area contributed by atoms with Crippen LogP contribution in [0.2, 0.25) is 0 Å². The van der Waals surface area contributed by atoms with Crippen LogP contribution in [0.1, 0.15) is 0 Å². The smallest absolute Gasteiger partial charge is 0.164 e. The third-order valence-electron chi connectivity index (χ3n) is 14.3. The molecular weight excluding hydrogens is 867 g/mol. The zero-order chi connectivity index (χ0) is 46.6. The van der Waals surface area contributed by atoms with E-state index in [2.05, 4.69) is 228 Å². The lowest BCUT2D eigenvalue weighted by atomic mass is 9.94. The molecule has 6 heteroatoms. The summed E-state index contributed by atoms with van der Waals surface area (Å²) in [7, 11) is 0. The molecule has 0 bridgehead atoms. The molecule has 0 fully saturated rings. The van der Waals surface area contributed by atoms with Gasteiger partial charge in [0.25, 0.3) is 0 Å². The Kier molecular flexibility index (Phi) is 8.56. The molecule has 0 unspecified atom stereocenters. The second-order valence-corrected chi connectivity index (χ2v) is 18.3. The van der Waals surface area contributed by atoms with E-state index < -0.39 is 0 Å². The molecule has 0 spiro atoms. The van der Waals surface area contributed by atoms with E-state index >= 15 is 0 Å².